The van der Waals surface area contributed by atoms with Crippen molar-refractivity contribution < 1.29 is 0 Å². The Bertz CT molecular complexity index is 583. The zero-order chi connectivity index (χ0) is 14.8. The van der Waals surface area contributed by atoms with Gasteiger partial charge in [-0.2, -0.15) is 0 Å². The lowest BCUT2D eigenvalue weighted by molar-refractivity contribution is 0.209. The van der Waals surface area contributed by atoms with E-state index in [0.29, 0.717) is 0 Å². The molecule has 112 valence electrons. The van der Waals surface area contributed by atoms with Crippen LogP contribution in [0.3, 0.4) is 0 Å². The van der Waals surface area contributed by atoms with E-state index in [1.807, 2.05) is 6.20 Å². The van der Waals surface area contributed by atoms with Crippen molar-refractivity contribution in [2.45, 2.75) is 33.1 Å². The van der Waals surface area contributed by atoms with Crippen LogP contribution in [0.5, 0.6) is 0 Å². The van der Waals surface area contributed by atoms with Crippen LogP contribution in [0.2, 0.25) is 0 Å². The summed E-state index contributed by atoms with van der Waals surface area (Å²) >= 11 is 1.73. The molecule has 1 aliphatic heterocycles. The molecule has 0 N–H and O–H groups in total. The van der Waals surface area contributed by atoms with E-state index in [2.05, 4.69) is 47.9 Å². The number of pyridine rings is 1. The molecular weight excluding hydrogens is 278 g/mol. The fourth-order valence-electron chi connectivity index (χ4n) is 3.03. The normalized spacial score (nSPS) is 19.9. The van der Waals surface area contributed by atoms with Crippen LogP contribution in [0.25, 0.3) is 10.7 Å². The van der Waals surface area contributed by atoms with E-state index in [4.69, 9.17) is 0 Å². The Hall–Kier alpha value is -1.26. The lowest BCUT2D eigenvalue weighted by Gasteiger charge is -2.29. The minimum atomic E-state index is 0.778. The van der Waals surface area contributed by atoms with E-state index in [0.717, 1.165) is 28.7 Å². The zero-order valence-corrected chi connectivity index (χ0v) is 13.9. The van der Waals surface area contributed by atoms with Crippen LogP contribution in [0.4, 0.5) is 0 Å². The Morgan fingerprint density at radius 2 is 2.19 bits per heavy atom. The van der Waals surface area contributed by atoms with Gasteiger partial charge in [0.1, 0.15) is 5.01 Å². The van der Waals surface area contributed by atoms with E-state index < -0.39 is 0 Å². The monoisotopic (exact) mass is 301 g/mol. The molecule has 0 spiro atoms. The van der Waals surface area contributed by atoms with Crippen LogP contribution in [-0.2, 0) is 6.42 Å². The second-order valence-corrected chi connectivity index (χ2v) is 7.39. The Kier molecular flexibility index (Phi) is 4.36. The summed E-state index contributed by atoms with van der Waals surface area (Å²) in [6.45, 7) is 6.64. The second-order valence-electron chi connectivity index (χ2n) is 6.19. The number of nitrogens with zero attached hydrogens (tertiary/aromatic N) is 3. The van der Waals surface area contributed by atoms with E-state index in [1.54, 1.807) is 11.3 Å². The Labute approximate surface area is 131 Å². The van der Waals surface area contributed by atoms with Crippen molar-refractivity contribution in [2.24, 2.45) is 5.92 Å². The molecule has 0 saturated carbocycles. The summed E-state index contributed by atoms with van der Waals surface area (Å²) in [6.07, 6.45) is 5.85. The van der Waals surface area contributed by atoms with Gasteiger partial charge in [-0.1, -0.05) is 6.07 Å². The lowest BCUT2D eigenvalue weighted by Crippen LogP contribution is -2.32. The summed E-state index contributed by atoms with van der Waals surface area (Å²) in [5.41, 5.74) is 3.47. The third-order valence-electron chi connectivity index (χ3n) is 4.32. The summed E-state index contributed by atoms with van der Waals surface area (Å²) in [7, 11) is 2.22. The first kappa shape index (κ1) is 14.7. The molecule has 0 aromatic carbocycles. The van der Waals surface area contributed by atoms with Gasteiger partial charge >= 0.3 is 0 Å². The van der Waals surface area contributed by atoms with Crippen molar-refractivity contribution in [3.05, 3.63) is 34.5 Å². The van der Waals surface area contributed by atoms with Gasteiger partial charge in [-0.05, 0) is 64.3 Å². The molecule has 2 aromatic rings. The van der Waals surface area contributed by atoms with E-state index in [1.165, 1.54) is 36.4 Å². The minimum Gasteiger partial charge on any atom is -0.306 e. The highest BCUT2D eigenvalue weighted by molar-refractivity contribution is 7.15. The lowest BCUT2D eigenvalue weighted by atomic mass is 9.92. The molecule has 0 unspecified atom stereocenters. The number of aromatic nitrogens is 2. The number of hydrogen-bond acceptors (Lipinski definition) is 4. The first-order valence-electron chi connectivity index (χ1n) is 7.69. The molecule has 1 fully saturated rings. The molecule has 2 aromatic heterocycles. The van der Waals surface area contributed by atoms with Crippen molar-refractivity contribution >= 4 is 11.3 Å². The number of likely N-dealkylation sites (tertiary alicyclic amines) is 1. The fourth-order valence-corrected chi connectivity index (χ4v) is 3.92. The summed E-state index contributed by atoms with van der Waals surface area (Å²) < 4.78 is 0. The molecule has 0 radical (unpaired) electrons. The Morgan fingerprint density at radius 1 is 1.33 bits per heavy atom. The largest absolute Gasteiger partial charge is 0.306 e. The van der Waals surface area contributed by atoms with E-state index in [9.17, 15) is 0 Å². The Morgan fingerprint density at radius 3 is 2.81 bits per heavy atom. The number of thiazole rings is 1. The highest BCUT2D eigenvalue weighted by atomic mass is 32.1. The van der Waals surface area contributed by atoms with Gasteiger partial charge in [-0.15, -0.1) is 11.3 Å². The maximum atomic E-state index is 4.62. The van der Waals surface area contributed by atoms with Crippen molar-refractivity contribution in [1.82, 2.24) is 14.9 Å². The number of rotatable bonds is 3. The van der Waals surface area contributed by atoms with Crippen LogP contribution < -0.4 is 0 Å². The van der Waals surface area contributed by atoms with Crippen molar-refractivity contribution in [3.8, 4) is 10.7 Å². The molecule has 0 amide bonds. The highest BCUT2D eigenvalue weighted by Crippen LogP contribution is 2.26. The van der Waals surface area contributed by atoms with Gasteiger partial charge < -0.3 is 4.90 Å². The quantitative estimate of drug-likeness (QED) is 0.865. The molecule has 0 bridgehead atoms. The molecule has 1 saturated heterocycles. The summed E-state index contributed by atoms with van der Waals surface area (Å²) in [5.74, 6) is 0.778. The molecule has 3 rings (SSSR count). The number of hydrogen-bond donors (Lipinski definition) is 0. The average Bonchev–Trinajstić information content (AvgIpc) is 2.79. The van der Waals surface area contributed by atoms with Crippen LogP contribution >= 0.6 is 11.3 Å². The molecular formula is C17H23N3S. The summed E-state index contributed by atoms with van der Waals surface area (Å²) in [5, 5.41) is 1.04. The van der Waals surface area contributed by atoms with Gasteiger partial charge in [0.15, 0.2) is 0 Å². The fraction of sp³-hybridized carbons (Fsp3) is 0.529. The molecule has 1 aliphatic rings. The predicted octanol–water partition coefficient (Wildman–Crippen LogP) is 3.71. The highest BCUT2D eigenvalue weighted by Gasteiger charge is 2.17. The van der Waals surface area contributed by atoms with Crippen LogP contribution in [0, 0.1) is 19.8 Å². The van der Waals surface area contributed by atoms with Gasteiger partial charge in [-0.25, -0.2) is 4.98 Å². The van der Waals surface area contributed by atoms with Crippen LogP contribution in [0.15, 0.2) is 18.3 Å². The SMILES string of the molecule is Cc1nc(-c2ccc(C[C@H]3CCCN(C)C3)cn2)sc1C. The number of piperidine rings is 1. The van der Waals surface area contributed by atoms with Gasteiger partial charge in [-0.3, -0.25) is 4.98 Å². The Balaban J connectivity index is 1.69. The maximum absolute atomic E-state index is 4.62. The third-order valence-corrected chi connectivity index (χ3v) is 5.41. The molecule has 0 aliphatic carbocycles. The van der Waals surface area contributed by atoms with Gasteiger partial charge in [0.05, 0.1) is 11.4 Å². The molecule has 4 heteroatoms. The average molecular weight is 301 g/mol. The first-order valence-corrected chi connectivity index (χ1v) is 8.51. The first-order chi connectivity index (χ1) is 10.1. The smallest absolute Gasteiger partial charge is 0.142 e. The van der Waals surface area contributed by atoms with E-state index >= 15 is 0 Å². The predicted molar refractivity (Wildman–Crippen MR) is 88.7 cm³/mol. The maximum Gasteiger partial charge on any atom is 0.142 e. The molecule has 21 heavy (non-hydrogen) atoms. The van der Waals surface area contributed by atoms with Gasteiger partial charge in [0.25, 0.3) is 0 Å². The topological polar surface area (TPSA) is 29.0 Å². The summed E-state index contributed by atoms with van der Waals surface area (Å²) in [4.78, 5) is 12.9. The van der Waals surface area contributed by atoms with Crippen LogP contribution in [0.1, 0.15) is 29.0 Å². The standard InChI is InChI=1S/C17H23N3S/c1-12-13(2)21-17(19-12)16-7-6-14(10-18-16)9-15-5-4-8-20(3)11-15/h6-7,10,15H,4-5,8-9,11H2,1-3H3/t15-/m1/s1. The molecule has 3 nitrogen and oxygen atoms in total. The van der Waals surface area contributed by atoms with E-state index in [-0.39, 0.29) is 0 Å². The van der Waals surface area contributed by atoms with Gasteiger partial charge in [0, 0.05) is 17.6 Å². The van der Waals surface area contributed by atoms with Crippen LogP contribution in [-0.4, -0.2) is 35.0 Å². The molecule has 3 heterocycles. The van der Waals surface area contributed by atoms with Crippen molar-refractivity contribution in [2.75, 3.05) is 20.1 Å². The number of aryl methyl sites for hydroxylation is 2. The van der Waals surface area contributed by atoms with Gasteiger partial charge in [0.2, 0.25) is 0 Å². The summed E-state index contributed by atoms with van der Waals surface area (Å²) in [6, 6.07) is 4.35. The second kappa shape index (κ2) is 6.24. The van der Waals surface area contributed by atoms with Crippen molar-refractivity contribution in [1.29, 1.82) is 0 Å². The minimum absolute atomic E-state index is 0.778. The van der Waals surface area contributed by atoms with Crippen molar-refractivity contribution in [3.63, 3.8) is 0 Å². The third kappa shape index (κ3) is 3.50. The zero-order valence-electron chi connectivity index (χ0n) is 13.1. The molecule has 1 atom stereocenters.